The molecule has 1 aromatic heterocycles. The summed E-state index contributed by atoms with van der Waals surface area (Å²) in [4.78, 5) is 28.5. The second-order valence-corrected chi connectivity index (χ2v) is 8.77. The first-order valence-electron chi connectivity index (χ1n) is 11.3. The number of amides is 2. The molecule has 0 fully saturated rings. The smallest absolute Gasteiger partial charge is 0.322 e. The van der Waals surface area contributed by atoms with Crippen LogP contribution < -0.4 is 10.2 Å². The predicted molar refractivity (Wildman–Crippen MR) is 127 cm³/mol. The molecule has 0 unspecified atom stereocenters. The van der Waals surface area contributed by atoms with Crippen LogP contribution in [0.1, 0.15) is 32.0 Å². The van der Waals surface area contributed by atoms with Crippen LogP contribution in [0, 0.1) is 11.3 Å². The number of alkyl halides is 5. The van der Waals surface area contributed by atoms with E-state index in [4.69, 9.17) is 5.26 Å². The molecule has 0 radical (unpaired) electrons. The molecule has 1 N–H and O–H groups in total. The van der Waals surface area contributed by atoms with E-state index in [1.54, 1.807) is 30.3 Å². The van der Waals surface area contributed by atoms with Crippen LogP contribution in [-0.2, 0) is 13.1 Å². The van der Waals surface area contributed by atoms with Gasteiger partial charge in [0.25, 0.3) is 11.8 Å². The van der Waals surface area contributed by atoms with E-state index in [0.717, 1.165) is 11.9 Å². The SMILES string of the molecule is CN(Cc1ccc(N2CCn3ncc(C(=O)Nc4cccc(C#N)c4)c3C2=O)cc1)CC(F)(F)C(F)(F)F. The zero-order chi connectivity index (χ0) is 27.7. The summed E-state index contributed by atoms with van der Waals surface area (Å²) in [6.45, 7) is -1.10. The number of hydrogen-bond acceptors (Lipinski definition) is 5. The number of fused-ring (bicyclic) bond motifs is 1. The third kappa shape index (κ3) is 5.50. The van der Waals surface area contributed by atoms with E-state index >= 15 is 0 Å². The van der Waals surface area contributed by atoms with Crippen LogP contribution in [0.15, 0.2) is 54.7 Å². The van der Waals surface area contributed by atoms with Gasteiger partial charge >= 0.3 is 12.1 Å². The number of aromatic nitrogens is 2. The van der Waals surface area contributed by atoms with Crippen molar-refractivity contribution in [3.63, 3.8) is 0 Å². The zero-order valence-electron chi connectivity index (χ0n) is 20.0. The minimum Gasteiger partial charge on any atom is -0.322 e. The monoisotopic (exact) mass is 532 g/mol. The molecule has 0 saturated carbocycles. The molecular formula is C25H21F5N6O2. The van der Waals surface area contributed by atoms with Crippen molar-refractivity contribution < 1.29 is 31.5 Å². The molecule has 38 heavy (non-hydrogen) atoms. The van der Waals surface area contributed by atoms with Crippen molar-refractivity contribution in [2.24, 2.45) is 0 Å². The van der Waals surface area contributed by atoms with E-state index in [9.17, 15) is 31.5 Å². The van der Waals surface area contributed by atoms with E-state index in [2.05, 4.69) is 10.4 Å². The number of nitrogens with zero attached hydrogens (tertiary/aromatic N) is 5. The van der Waals surface area contributed by atoms with Crippen LogP contribution in [0.2, 0.25) is 0 Å². The van der Waals surface area contributed by atoms with Gasteiger partial charge < -0.3 is 10.2 Å². The Bertz CT molecular complexity index is 1390. The number of hydrogen-bond donors (Lipinski definition) is 1. The molecule has 0 aliphatic carbocycles. The molecule has 0 saturated heterocycles. The van der Waals surface area contributed by atoms with E-state index in [1.807, 2.05) is 6.07 Å². The number of nitrogens with one attached hydrogen (secondary N) is 1. The van der Waals surface area contributed by atoms with E-state index in [1.165, 1.54) is 34.0 Å². The number of nitriles is 1. The lowest BCUT2D eigenvalue weighted by atomic mass is 10.1. The average Bonchev–Trinajstić information content (AvgIpc) is 3.29. The first-order chi connectivity index (χ1) is 17.9. The second kappa shape index (κ2) is 10.2. The average molecular weight is 532 g/mol. The van der Waals surface area contributed by atoms with Gasteiger partial charge in [-0.1, -0.05) is 18.2 Å². The van der Waals surface area contributed by atoms with Crippen molar-refractivity contribution in [2.45, 2.75) is 25.2 Å². The van der Waals surface area contributed by atoms with Crippen molar-refractivity contribution in [1.29, 1.82) is 5.26 Å². The van der Waals surface area contributed by atoms with Gasteiger partial charge in [-0.3, -0.25) is 19.2 Å². The third-order valence-electron chi connectivity index (χ3n) is 5.90. The van der Waals surface area contributed by atoms with Crippen LogP contribution >= 0.6 is 0 Å². The summed E-state index contributed by atoms with van der Waals surface area (Å²) in [6.07, 6.45) is -4.35. The van der Waals surface area contributed by atoms with Gasteiger partial charge in [0.15, 0.2) is 0 Å². The molecule has 8 nitrogen and oxygen atoms in total. The van der Waals surface area contributed by atoms with Crippen LogP contribution in [0.4, 0.5) is 33.3 Å². The molecule has 2 heterocycles. The fraction of sp³-hybridized carbons (Fsp3) is 0.280. The first kappa shape index (κ1) is 26.7. The Morgan fingerprint density at radius 3 is 2.50 bits per heavy atom. The molecular weight excluding hydrogens is 511 g/mol. The normalized spacial score (nSPS) is 13.8. The molecule has 2 aromatic carbocycles. The summed E-state index contributed by atoms with van der Waals surface area (Å²) < 4.78 is 65.5. The van der Waals surface area contributed by atoms with Gasteiger partial charge in [-0.05, 0) is 42.9 Å². The summed E-state index contributed by atoms with van der Waals surface area (Å²) in [6, 6.07) is 14.4. The van der Waals surface area contributed by atoms with Gasteiger partial charge in [-0.15, -0.1) is 0 Å². The number of anilines is 2. The number of rotatable bonds is 7. The van der Waals surface area contributed by atoms with Crippen molar-refractivity contribution in [1.82, 2.24) is 14.7 Å². The number of benzene rings is 2. The zero-order valence-corrected chi connectivity index (χ0v) is 20.0. The highest BCUT2D eigenvalue weighted by molar-refractivity contribution is 6.15. The third-order valence-corrected chi connectivity index (χ3v) is 5.90. The Morgan fingerprint density at radius 1 is 1.13 bits per heavy atom. The maximum Gasteiger partial charge on any atom is 0.454 e. The first-order valence-corrected chi connectivity index (χ1v) is 11.3. The minimum absolute atomic E-state index is 0.0471. The van der Waals surface area contributed by atoms with Crippen molar-refractivity contribution in [3.8, 4) is 6.07 Å². The maximum atomic E-state index is 13.3. The molecule has 13 heteroatoms. The molecule has 198 valence electrons. The Hall–Kier alpha value is -4.31. The summed E-state index contributed by atoms with van der Waals surface area (Å²) in [5.41, 5.74) is 1.79. The highest BCUT2D eigenvalue weighted by atomic mass is 19.4. The lowest BCUT2D eigenvalue weighted by Gasteiger charge is -2.28. The van der Waals surface area contributed by atoms with E-state index in [-0.39, 0.29) is 24.3 Å². The topological polar surface area (TPSA) is 94.3 Å². The van der Waals surface area contributed by atoms with Crippen LogP contribution in [0.5, 0.6) is 0 Å². The molecule has 3 aromatic rings. The fourth-order valence-electron chi connectivity index (χ4n) is 4.06. The van der Waals surface area contributed by atoms with Gasteiger partial charge in [0.05, 0.1) is 36.5 Å². The fourth-order valence-corrected chi connectivity index (χ4v) is 4.06. The maximum absolute atomic E-state index is 13.3. The highest BCUT2D eigenvalue weighted by Gasteiger charge is 2.57. The molecule has 1 aliphatic heterocycles. The number of halogens is 5. The molecule has 0 bridgehead atoms. The van der Waals surface area contributed by atoms with E-state index < -0.39 is 30.5 Å². The molecule has 2 amide bonds. The Balaban J connectivity index is 1.47. The standard InChI is InChI=1S/C25H21F5N6O2/c1-34(15-24(26,27)25(28,29)30)14-16-5-7-19(8-6-16)35-9-10-36-21(23(35)38)20(13-32-36)22(37)33-18-4-2-3-17(11-18)12-31/h2-8,11,13H,9-10,14-15H2,1H3,(H,33,37). The van der Waals surface area contributed by atoms with Gasteiger partial charge in [0, 0.05) is 24.5 Å². The summed E-state index contributed by atoms with van der Waals surface area (Å²) in [5, 5.41) is 15.8. The van der Waals surface area contributed by atoms with Gasteiger partial charge in [0.2, 0.25) is 0 Å². The Labute approximate surface area is 213 Å². The summed E-state index contributed by atoms with van der Waals surface area (Å²) >= 11 is 0. The van der Waals surface area contributed by atoms with Crippen LogP contribution in [0.3, 0.4) is 0 Å². The van der Waals surface area contributed by atoms with Gasteiger partial charge in [-0.25, -0.2) is 0 Å². The summed E-state index contributed by atoms with van der Waals surface area (Å²) in [7, 11) is 1.16. The highest BCUT2D eigenvalue weighted by Crippen LogP contribution is 2.36. The van der Waals surface area contributed by atoms with Gasteiger partial charge in [-0.2, -0.15) is 32.3 Å². The van der Waals surface area contributed by atoms with Crippen LogP contribution in [0.25, 0.3) is 0 Å². The molecule has 0 atom stereocenters. The largest absolute Gasteiger partial charge is 0.454 e. The molecule has 0 spiro atoms. The van der Waals surface area contributed by atoms with Crippen LogP contribution in [-0.4, -0.2) is 58.7 Å². The van der Waals surface area contributed by atoms with Gasteiger partial charge in [0.1, 0.15) is 5.69 Å². The number of carbonyl (C=O) groups is 2. The minimum atomic E-state index is -5.64. The summed E-state index contributed by atoms with van der Waals surface area (Å²) in [5.74, 6) is -5.90. The Kier molecular flexibility index (Phi) is 7.19. The Morgan fingerprint density at radius 2 is 1.84 bits per heavy atom. The van der Waals surface area contributed by atoms with Crippen molar-refractivity contribution in [2.75, 3.05) is 30.4 Å². The lowest BCUT2D eigenvalue weighted by molar-refractivity contribution is -0.286. The quantitative estimate of drug-likeness (QED) is 0.458. The predicted octanol–water partition coefficient (Wildman–Crippen LogP) is 4.30. The number of carbonyl (C=O) groups excluding carboxylic acids is 2. The van der Waals surface area contributed by atoms with Crippen molar-refractivity contribution >= 4 is 23.2 Å². The molecule has 4 rings (SSSR count). The van der Waals surface area contributed by atoms with E-state index in [0.29, 0.717) is 29.0 Å². The second-order valence-electron chi connectivity index (χ2n) is 8.77. The molecule has 1 aliphatic rings. The lowest BCUT2D eigenvalue weighted by Crippen LogP contribution is -2.45. The van der Waals surface area contributed by atoms with Crippen molar-refractivity contribution in [3.05, 3.63) is 77.1 Å².